The van der Waals surface area contributed by atoms with Crippen LogP contribution < -0.4 is 5.32 Å². The summed E-state index contributed by atoms with van der Waals surface area (Å²) in [6.07, 6.45) is 3.33. The van der Waals surface area contributed by atoms with E-state index in [0.717, 1.165) is 19.4 Å². The van der Waals surface area contributed by atoms with Gasteiger partial charge in [0.1, 0.15) is 6.04 Å². The summed E-state index contributed by atoms with van der Waals surface area (Å²) in [7, 11) is 1.30. The van der Waals surface area contributed by atoms with Crippen LogP contribution in [0.15, 0.2) is 11.1 Å². The number of amides is 2. The third kappa shape index (κ3) is 4.23. The fourth-order valence-electron chi connectivity index (χ4n) is 2.23. The number of carbonyl (C=O) groups is 2. The molecule has 2 atom stereocenters. The van der Waals surface area contributed by atoms with Crippen molar-refractivity contribution in [3.05, 3.63) is 11.1 Å². The second-order valence-corrected chi connectivity index (χ2v) is 5.45. The minimum atomic E-state index is -0.571. The van der Waals surface area contributed by atoms with E-state index in [1.807, 2.05) is 24.8 Å². The smallest absolute Gasteiger partial charge is 0.407 e. The molecule has 1 fully saturated rings. The highest BCUT2D eigenvalue weighted by Gasteiger charge is 2.34. The zero-order valence-corrected chi connectivity index (χ0v) is 13.1. The first kappa shape index (κ1) is 16.0. The molecule has 1 N–H and O–H groups in total. The van der Waals surface area contributed by atoms with Crippen LogP contribution in [0.5, 0.6) is 0 Å². The lowest BCUT2D eigenvalue weighted by atomic mass is 10.0. The SMILES string of the molecule is COC(=O)N[C@H](C(=O)N1CCC[C@H]1C=CBr)C(C)C. The first-order chi connectivity index (χ1) is 9.01. The van der Waals surface area contributed by atoms with Crippen molar-refractivity contribution in [3.63, 3.8) is 0 Å². The Morgan fingerprint density at radius 2 is 2.16 bits per heavy atom. The normalized spacial score (nSPS) is 20.9. The van der Waals surface area contributed by atoms with Gasteiger partial charge in [-0.2, -0.15) is 0 Å². The van der Waals surface area contributed by atoms with Crippen LogP contribution in [0.1, 0.15) is 26.7 Å². The van der Waals surface area contributed by atoms with E-state index in [1.54, 1.807) is 4.99 Å². The van der Waals surface area contributed by atoms with Gasteiger partial charge in [-0.3, -0.25) is 4.79 Å². The summed E-state index contributed by atoms with van der Waals surface area (Å²) >= 11 is 3.25. The first-order valence-electron chi connectivity index (χ1n) is 6.43. The number of hydrogen-bond donors (Lipinski definition) is 1. The van der Waals surface area contributed by atoms with E-state index in [0.29, 0.717) is 0 Å². The molecule has 5 nitrogen and oxygen atoms in total. The topological polar surface area (TPSA) is 58.6 Å². The van der Waals surface area contributed by atoms with Gasteiger partial charge in [0.25, 0.3) is 0 Å². The molecule has 1 saturated heterocycles. The Bertz CT molecular complexity index is 358. The zero-order chi connectivity index (χ0) is 14.4. The Kier molecular flexibility index (Phi) is 6.34. The predicted molar refractivity (Wildman–Crippen MR) is 77.0 cm³/mol. The van der Waals surface area contributed by atoms with E-state index in [4.69, 9.17) is 0 Å². The molecule has 0 radical (unpaired) electrons. The number of ether oxygens (including phenoxy) is 1. The van der Waals surface area contributed by atoms with E-state index < -0.39 is 12.1 Å². The third-order valence-electron chi connectivity index (χ3n) is 3.27. The van der Waals surface area contributed by atoms with Crippen molar-refractivity contribution in [2.45, 2.75) is 38.8 Å². The van der Waals surface area contributed by atoms with Crippen LogP contribution in [0, 0.1) is 5.92 Å². The van der Waals surface area contributed by atoms with Gasteiger partial charge in [-0.25, -0.2) is 4.79 Å². The van der Waals surface area contributed by atoms with Crippen LogP contribution in [0.2, 0.25) is 0 Å². The van der Waals surface area contributed by atoms with E-state index in [2.05, 4.69) is 26.0 Å². The van der Waals surface area contributed by atoms with Gasteiger partial charge in [0.15, 0.2) is 0 Å². The second-order valence-electron chi connectivity index (χ2n) is 4.92. The first-order valence-corrected chi connectivity index (χ1v) is 7.34. The van der Waals surface area contributed by atoms with Crippen LogP contribution in [-0.4, -0.2) is 42.6 Å². The number of rotatable bonds is 4. The molecule has 0 bridgehead atoms. The predicted octanol–water partition coefficient (Wildman–Crippen LogP) is 2.27. The van der Waals surface area contributed by atoms with Gasteiger partial charge in [-0.05, 0) is 23.7 Å². The lowest BCUT2D eigenvalue weighted by molar-refractivity contribution is -0.134. The van der Waals surface area contributed by atoms with Crippen LogP contribution in [0.4, 0.5) is 4.79 Å². The van der Waals surface area contributed by atoms with Crippen molar-refractivity contribution in [1.29, 1.82) is 0 Å². The lowest BCUT2D eigenvalue weighted by Gasteiger charge is -2.29. The second kappa shape index (κ2) is 7.53. The highest BCUT2D eigenvalue weighted by molar-refractivity contribution is 9.11. The maximum atomic E-state index is 12.5. The van der Waals surface area contributed by atoms with Crippen LogP contribution in [0.25, 0.3) is 0 Å². The van der Waals surface area contributed by atoms with Crippen LogP contribution >= 0.6 is 15.9 Å². The molecule has 0 unspecified atom stereocenters. The van der Waals surface area contributed by atoms with Crippen molar-refractivity contribution in [2.75, 3.05) is 13.7 Å². The van der Waals surface area contributed by atoms with Gasteiger partial charge < -0.3 is 15.0 Å². The average Bonchev–Trinajstić information content (AvgIpc) is 2.83. The summed E-state index contributed by atoms with van der Waals surface area (Å²) in [5, 5.41) is 2.62. The Hall–Kier alpha value is -1.04. The van der Waals surface area contributed by atoms with Crippen molar-refractivity contribution < 1.29 is 14.3 Å². The van der Waals surface area contributed by atoms with Gasteiger partial charge in [-0.1, -0.05) is 35.9 Å². The van der Waals surface area contributed by atoms with E-state index in [-0.39, 0.29) is 17.9 Å². The van der Waals surface area contributed by atoms with Crippen molar-refractivity contribution in [3.8, 4) is 0 Å². The Balaban J connectivity index is 2.78. The van der Waals surface area contributed by atoms with Gasteiger partial charge >= 0.3 is 6.09 Å². The Morgan fingerprint density at radius 3 is 2.68 bits per heavy atom. The minimum Gasteiger partial charge on any atom is -0.453 e. The molecule has 0 aromatic heterocycles. The van der Waals surface area contributed by atoms with E-state index >= 15 is 0 Å². The summed E-state index contributed by atoms with van der Waals surface area (Å²) in [5.41, 5.74) is 0. The van der Waals surface area contributed by atoms with Crippen molar-refractivity contribution in [1.82, 2.24) is 10.2 Å². The highest BCUT2D eigenvalue weighted by atomic mass is 79.9. The fourth-order valence-corrected chi connectivity index (χ4v) is 2.58. The van der Waals surface area contributed by atoms with Gasteiger partial charge in [-0.15, -0.1) is 0 Å². The molecule has 1 heterocycles. The molecular weight excluding hydrogens is 312 g/mol. The molecule has 0 spiro atoms. The number of alkyl carbamates (subject to hydrolysis) is 1. The number of nitrogens with one attached hydrogen (secondary N) is 1. The molecule has 19 heavy (non-hydrogen) atoms. The van der Waals surface area contributed by atoms with Gasteiger partial charge in [0.2, 0.25) is 5.91 Å². The summed E-state index contributed by atoms with van der Waals surface area (Å²) in [5.74, 6) is -0.0331. The molecule has 0 aromatic rings. The molecule has 2 amide bonds. The number of likely N-dealkylation sites (tertiary alicyclic amines) is 1. The summed E-state index contributed by atoms with van der Waals surface area (Å²) in [4.78, 5) is 27.5. The molecular formula is C13H21BrN2O3. The van der Waals surface area contributed by atoms with Crippen LogP contribution in [0.3, 0.4) is 0 Å². The third-order valence-corrected chi connectivity index (χ3v) is 3.57. The molecule has 0 aromatic carbocycles. The standard InChI is InChI=1S/C13H21BrN2O3/c1-9(2)11(15-13(18)19-3)12(17)16-8-4-5-10(16)6-7-14/h6-7,9-11H,4-5,8H2,1-3H3,(H,15,18)/t10-,11-/m0/s1. The Labute approximate surface area is 122 Å². The molecule has 1 aliphatic rings. The average molecular weight is 333 g/mol. The number of methoxy groups -OCH3 is 1. The number of halogens is 1. The lowest BCUT2D eigenvalue weighted by Crippen LogP contribution is -2.52. The summed E-state index contributed by atoms with van der Waals surface area (Å²) < 4.78 is 4.58. The molecule has 0 aliphatic carbocycles. The molecule has 6 heteroatoms. The van der Waals surface area contributed by atoms with Crippen molar-refractivity contribution in [2.24, 2.45) is 5.92 Å². The monoisotopic (exact) mass is 332 g/mol. The minimum absolute atomic E-state index is 0.0146. The maximum Gasteiger partial charge on any atom is 0.407 e. The Morgan fingerprint density at radius 1 is 1.47 bits per heavy atom. The number of hydrogen-bond acceptors (Lipinski definition) is 3. The highest BCUT2D eigenvalue weighted by Crippen LogP contribution is 2.21. The largest absolute Gasteiger partial charge is 0.453 e. The summed E-state index contributed by atoms with van der Waals surface area (Å²) in [6.45, 7) is 4.54. The summed E-state index contributed by atoms with van der Waals surface area (Å²) in [6, 6.07) is -0.440. The van der Waals surface area contributed by atoms with E-state index in [9.17, 15) is 9.59 Å². The van der Waals surface area contributed by atoms with E-state index in [1.165, 1.54) is 7.11 Å². The molecule has 108 valence electrons. The zero-order valence-electron chi connectivity index (χ0n) is 11.6. The van der Waals surface area contributed by atoms with Gasteiger partial charge in [0, 0.05) is 6.54 Å². The molecule has 0 saturated carbocycles. The van der Waals surface area contributed by atoms with Gasteiger partial charge in [0.05, 0.1) is 13.2 Å². The maximum absolute atomic E-state index is 12.5. The number of carbonyl (C=O) groups excluding carboxylic acids is 2. The molecule has 1 rings (SSSR count). The van der Waals surface area contributed by atoms with Crippen LogP contribution in [-0.2, 0) is 9.53 Å². The number of nitrogens with zero attached hydrogens (tertiary/aromatic N) is 1. The quantitative estimate of drug-likeness (QED) is 0.859. The fraction of sp³-hybridized carbons (Fsp3) is 0.692. The molecule has 1 aliphatic heterocycles. The van der Waals surface area contributed by atoms with Crippen molar-refractivity contribution >= 4 is 27.9 Å².